The average Bonchev–Trinajstić information content (AvgIpc) is 2.74. The standard InChI is InChI=1S/C10H16ClN3O3S/c1-3-8(4-2)13-10(15)7-14-6-9(5-12-14)18(11,16)17/h5-6,8H,3-4,7H2,1-2H3,(H,13,15). The van der Waals surface area contributed by atoms with E-state index in [1.54, 1.807) is 0 Å². The van der Waals surface area contributed by atoms with Crippen LogP contribution in [-0.4, -0.2) is 30.1 Å². The van der Waals surface area contributed by atoms with Crippen molar-refractivity contribution in [2.45, 2.75) is 44.2 Å². The van der Waals surface area contributed by atoms with E-state index in [9.17, 15) is 13.2 Å². The first-order valence-electron chi connectivity index (χ1n) is 5.63. The summed E-state index contributed by atoms with van der Waals surface area (Å²) in [5.74, 6) is -0.203. The van der Waals surface area contributed by atoms with Gasteiger partial charge in [-0.2, -0.15) is 5.10 Å². The van der Waals surface area contributed by atoms with Crippen molar-refractivity contribution in [2.75, 3.05) is 0 Å². The van der Waals surface area contributed by atoms with Gasteiger partial charge in [-0.15, -0.1) is 0 Å². The molecule has 0 unspecified atom stereocenters. The number of amides is 1. The molecule has 0 fully saturated rings. The number of carbonyl (C=O) groups excluding carboxylic acids is 1. The van der Waals surface area contributed by atoms with E-state index >= 15 is 0 Å². The predicted molar refractivity (Wildman–Crippen MR) is 67.8 cm³/mol. The minimum Gasteiger partial charge on any atom is -0.352 e. The molecule has 1 heterocycles. The molecule has 0 saturated heterocycles. The van der Waals surface area contributed by atoms with Crippen molar-refractivity contribution in [3.63, 3.8) is 0 Å². The summed E-state index contributed by atoms with van der Waals surface area (Å²) in [5, 5.41) is 6.60. The van der Waals surface area contributed by atoms with Crippen LogP contribution in [0.25, 0.3) is 0 Å². The van der Waals surface area contributed by atoms with E-state index < -0.39 is 9.05 Å². The highest BCUT2D eigenvalue weighted by Gasteiger charge is 2.14. The van der Waals surface area contributed by atoms with Gasteiger partial charge in [-0.3, -0.25) is 9.48 Å². The van der Waals surface area contributed by atoms with Gasteiger partial charge in [0.1, 0.15) is 11.4 Å². The second-order valence-corrected chi connectivity index (χ2v) is 6.46. The van der Waals surface area contributed by atoms with Crippen LogP contribution in [-0.2, 0) is 20.4 Å². The third kappa shape index (κ3) is 4.30. The monoisotopic (exact) mass is 293 g/mol. The lowest BCUT2D eigenvalue weighted by Gasteiger charge is -2.14. The highest BCUT2D eigenvalue weighted by Crippen LogP contribution is 2.12. The fourth-order valence-corrected chi connectivity index (χ4v) is 2.13. The van der Waals surface area contributed by atoms with Crippen molar-refractivity contribution in [1.82, 2.24) is 15.1 Å². The van der Waals surface area contributed by atoms with Gasteiger partial charge in [0.05, 0.1) is 6.20 Å². The first kappa shape index (κ1) is 15.0. The Morgan fingerprint density at radius 3 is 2.56 bits per heavy atom. The summed E-state index contributed by atoms with van der Waals surface area (Å²) in [5.41, 5.74) is 0. The van der Waals surface area contributed by atoms with Gasteiger partial charge in [0, 0.05) is 22.9 Å². The van der Waals surface area contributed by atoms with Gasteiger partial charge in [-0.05, 0) is 12.8 Å². The Morgan fingerprint density at radius 1 is 1.50 bits per heavy atom. The summed E-state index contributed by atoms with van der Waals surface area (Å²) in [7, 11) is 1.36. The third-order valence-corrected chi connectivity index (χ3v) is 3.86. The van der Waals surface area contributed by atoms with Crippen molar-refractivity contribution in [2.24, 2.45) is 0 Å². The molecule has 8 heteroatoms. The molecule has 6 nitrogen and oxygen atoms in total. The van der Waals surface area contributed by atoms with E-state index in [4.69, 9.17) is 10.7 Å². The molecule has 0 aliphatic heterocycles. The SMILES string of the molecule is CCC(CC)NC(=O)Cn1cc(S(=O)(=O)Cl)cn1. The molecule has 1 N–H and O–H groups in total. The zero-order valence-corrected chi connectivity index (χ0v) is 11.8. The predicted octanol–water partition coefficient (Wildman–Crippen LogP) is 1.12. The van der Waals surface area contributed by atoms with Crippen LogP contribution in [0.2, 0.25) is 0 Å². The molecule has 1 aromatic rings. The number of nitrogens with one attached hydrogen (secondary N) is 1. The van der Waals surface area contributed by atoms with Crippen molar-refractivity contribution in [3.05, 3.63) is 12.4 Å². The first-order chi connectivity index (χ1) is 8.36. The number of rotatable bonds is 6. The van der Waals surface area contributed by atoms with Crippen LogP contribution in [0.15, 0.2) is 17.3 Å². The fourth-order valence-electron chi connectivity index (χ4n) is 1.47. The van der Waals surface area contributed by atoms with Crippen LogP contribution < -0.4 is 5.32 Å². The van der Waals surface area contributed by atoms with Gasteiger partial charge in [-0.25, -0.2) is 8.42 Å². The lowest BCUT2D eigenvalue weighted by Crippen LogP contribution is -2.36. The molecule has 0 radical (unpaired) electrons. The number of aromatic nitrogens is 2. The van der Waals surface area contributed by atoms with Crippen LogP contribution in [0.4, 0.5) is 0 Å². The molecule has 0 aliphatic rings. The molecule has 102 valence electrons. The molecular formula is C10H16ClN3O3S. The maximum absolute atomic E-state index is 11.6. The van der Waals surface area contributed by atoms with Gasteiger partial charge in [0.15, 0.2) is 0 Å². The topological polar surface area (TPSA) is 81.1 Å². The van der Waals surface area contributed by atoms with Crippen LogP contribution in [0.5, 0.6) is 0 Å². The van der Waals surface area contributed by atoms with Gasteiger partial charge in [0.25, 0.3) is 9.05 Å². The second-order valence-electron chi connectivity index (χ2n) is 3.89. The Kier molecular flexibility index (Phi) is 5.15. The molecule has 0 spiro atoms. The molecule has 0 saturated carbocycles. The summed E-state index contributed by atoms with van der Waals surface area (Å²) < 4.78 is 23.3. The van der Waals surface area contributed by atoms with Crippen LogP contribution in [0.3, 0.4) is 0 Å². The first-order valence-corrected chi connectivity index (χ1v) is 7.94. The van der Waals surface area contributed by atoms with Crippen molar-refractivity contribution >= 4 is 25.6 Å². The molecule has 0 bridgehead atoms. The van der Waals surface area contributed by atoms with Crippen LogP contribution in [0.1, 0.15) is 26.7 Å². The summed E-state index contributed by atoms with van der Waals surface area (Å²) in [6.45, 7) is 3.95. The number of hydrogen-bond acceptors (Lipinski definition) is 4. The zero-order chi connectivity index (χ0) is 13.8. The zero-order valence-electron chi connectivity index (χ0n) is 10.3. The number of hydrogen-bond donors (Lipinski definition) is 1. The molecule has 18 heavy (non-hydrogen) atoms. The summed E-state index contributed by atoms with van der Waals surface area (Å²) >= 11 is 0. The number of halogens is 1. The Balaban J connectivity index is 2.63. The third-order valence-electron chi connectivity index (χ3n) is 2.55. The molecule has 1 amide bonds. The van der Waals surface area contributed by atoms with E-state index in [0.29, 0.717) is 0 Å². The quantitative estimate of drug-likeness (QED) is 0.797. The molecule has 1 aromatic heterocycles. The van der Waals surface area contributed by atoms with Gasteiger partial charge >= 0.3 is 0 Å². The Hall–Kier alpha value is -1.08. The Morgan fingerprint density at radius 2 is 2.11 bits per heavy atom. The normalized spacial score (nSPS) is 11.8. The van der Waals surface area contributed by atoms with E-state index in [2.05, 4.69) is 10.4 Å². The van der Waals surface area contributed by atoms with E-state index in [0.717, 1.165) is 19.0 Å². The number of carbonyl (C=O) groups is 1. The molecule has 1 rings (SSSR count). The van der Waals surface area contributed by atoms with E-state index in [1.807, 2.05) is 13.8 Å². The van der Waals surface area contributed by atoms with Crippen molar-refractivity contribution in [1.29, 1.82) is 0 Å². The minimum atomic E-state index is -3.79. The summed E-state index contributed by atoms with van der Waals surface area (Å²) in [6, 6.07) is 0.129. The number of nitrogens with zero attached hydrogens (tertiary/aromatic N) is 2. The fraction of sp³-hybridized carbons (Fsp3) is 0.600. The summed E-state index contributed by atoms with van der Waals surface area (Å²) in [6.07, 6.45) is 4.05. The molecule has 0 aliphatic carbocycles. The van der Waals surface area contributed by atoms with Crippen LogP contribution in [0, 0.1) is 0 Å². The van der Waals surface area contributed by atoms with Crippen molar-refractivity contribution in [3.8, 4) is 0 Å². The maximum Gasteiger partial charge on any atom is 0.264 e. The van der Waals surface area contributed by atoms with E-state index in [-0.39, 0.29) is 23.4 Å². The lowest BCUT2D eigenvalue weighted by molar-refractivity contribution is -0.122. The average molecular weight is 294 g/mol. The van der Waals surface area contributed by atoms with Crippen molar-refractivity contribution < 1.29 is 13.2 Å². The van der Waals surface area contributed by atoms with Gasteiger partial charge in [-0.1, -0.05) is 13.8 Å². The lowest BCUT2D eigenvalue weighted by atomic mass is 10.2. The largest absolute Gasteiger partial charge is 0.352 e. The smallest absolute Gasteiger partial charge is 0.264 e. The molecule has 0 atom stereocenters. The summed E-state index contributed by atoms with van der Waals surface area (Å²) in [4.78, 5) is 11.5. The van der Waals surface area contributed by atoms with Gasteiger partial charge < -0.3 is 5.32 Å². The highest BCUT2D eigenvalue weighted by molar-refractivity contribution is 8.13. The molecule has 0 aromatic carbocycles. The maximum atomic E-state index is 11.6. The van der Waals surface area contributed by atoms with Crippen LogP contribution >= 0.6 is 10.7 Å². The minimum absolute atomic E-state index is 0.0249. The van der Waals surface area contributed by atoms with Gasteiger partial charge in [0.2, 0.25) is 5.91 Å². The second kappa shape index (κ2) is 6.19. The molecular weight excluding hydrogens is 278 g/mol. The van der Waals surface area contributed by atoms with E-state index in [1.165, 1.54) is 10.9 Å². The highest BCUT2D eigenvalue weighted by atomic mass is 35.7. The Bertz CT molecular complexity index is 508. The Labute approximate surface area is 111 Å².